The van der Waals surface area contributed by atoms with Crippen molar-refractivity contribution in [3.63, 3.8) is 0 Å². The van der Waals surface area contributed by atoms with Crippen LogP contribution in [0.4, 0.5) is 0 Å². The second-order valence-electron chi connectivity index (χ2n) is 10.9. The fourth-order valence-electron chi connectivity index (χ4n) is 8.16. The van der Waals surface area contributed by atoms with Gasteiger partial charge in [-0.25, -0.2) is 0 Å². The van der Waals surface area contributed by atoms with Gasteiger partial charge in [0.2, 0.25) is 0 Å². The molecule has 0 aromatic carbocycles. The number of hydrogen-bond donors (Lipinski definition) is 2. The molecule has 0 amide bonds. The van der Waals surface area contributed by atoms with E-state index in [1.807, 2.05) is 6.21 Å². The summed E-state index contributed by atoms with van der Waals surface area (Å²) < 4.78 is 0. The van der Waals surface area contributed by atoms with E-state index in [4.69, 9.17) is 10.6 Å². The Morgan fingerprint density at radius 1 is 1.04 bits per heavy atom. The van der Waals surface area contributed by atoms with Gasteiger partial charge in [-0.05, 0) is 118 Å². The number of nitrogens with zero attached hydrogens (tertiary/aromatic N) is 1. The van der Waals surface area contributed by atoms with Crippen LogP contribution in [0.1, 0.15) is 84.5 Å². The average molecular weight is 391 g/mol. The van der Waals surface area contributed by atoms with Gasteiger partial charge < -0.3 is 15.7 Å². The Morgan fingerprint density at radius 3 is 2.64 bits per heavy atom. The van der Waals surface area contributed by atoms with Gasteiger partial charge in [0.05, 0.1) is 6.10 Å². The molecule has 4 nitrogen and oxygen atoms in total. The molecule has 4 fully saturated rings. The number of rotatable bonds is 6. The fourth-order valence-corrected chi connectivity index (χ4v) is 8.16. The first-order valence-electron chi connectivity index (χ1n) is 12.0. The number of fused-ring (bicyclic) bond motifs is 5. The van der Waals surface area contributed by atoms with E-state index >= 15 is 0 Å². The quantitative estimate of drug-likeness (QED) is 0.391. The topological polar surface area (TPSA) is 67.8 Å². The summed E-state index contributed by atoms with van der Waals surface area (Å²) in [6.45, 7) is 6.48. The molecule has 4 saturated carbocycles. The van der Waals surface area contributed by atoms with E-state index in [1.54, 1.807) is 0 Å². The van der Waals surface area contributed by atoms with Gasteiger partial charge in [0.25, 0.3) is 0 Å². The van der Waals surface area contributed by atoms with Crippen molar-refractivity contribution >= 4 is 6.21 Å². The van der Waals surface area contributed by atoms with Gasteiger partial charge in [-0.1, -0.05) is 19.0 Å². The van der Waals surface area contributed by atoms with Gasteiger partial charge in [-0.2, -0.15) is 0 Å². The summed E-state index contributed by atoms with van der Waals surface area (Å²) in [7, 11) is 0. The molecule has 0 aromatic heterocycles. The van der Waals surface area contributed by atoms with Gasteiger partial charge >= 0.3 is 0 Å². The molecule has 3 unspecified atom stereocenters. The molecule has 4 aliphatic rings. The third-order valence-corrected chi connectivity index (χ3v) is 9.81. The van der Waals surface area contributed by atoms with Crippen molar-refractivity contribution in [2.24, 2.45) is 51.3 Å². The van der Waals surface area contributed by atoms with Crippen LogP contribution in [0.5, 0.6) is 0 Å². The van der Waals surface area contributed by atoms with E-state index < -0.39 is 0 Å². The normalized spacial score (nSPS) is 48.1. The molecular formula is C24H42N2O2. The summed E-state index contributed by atoms with van der Waals surface area (Å²) in [4.78, 5) is 5.34. The van der Waals surface area contributed by atoms with E-state index in [0.717, 1.165) is 55.3 Å². The molecule has 0 saturated heterocycles. The monoisotopic (exact) mass is 390 g/mol. The molecule has 4 heteroatoms. The third-order valence-electron chi connectivity index (χ3n) is 9.81. The minimum atomic E-state index is -0.0364. The maximum absolute atomic E-state index is 10.2. The summed E-state index contributed by atoms with van der Waals surface area (Å²) in [6.07, 6.45) is 15.6. The summed E-state index contributed by atoms with van der Waals surface area (Å²) in [5, 5.41) is 14.4. The Labute approximate surface area is 171 Å². The van der Waals surface area contributed by atoms with Crippen molar-refractivity contribution in [2.45, 2.75) is 90.6 Å². The van der Waals surface area contributed by atoms with Crippen molar-refractivity contribution in [3.8, 4) is 0 Å². The van der Waals surface area contributed by atoms with Crippen LogP contribution in [0.3, 0.4) is 0 Å². The maximum Gasteiger partial charge on any atom is 0.118 e. The molecule has 3 N–H and O–H groups in total. The molecule has 4 rings (SSSR count). The highest BCUT2D eigenvalue weighted by Crippen LogP contribution is 2.67. The van der Waals surface area contributed by atoms with Gasteiger partial charge in [0.15, 0.2) is 0 Å². The predicted molar refractivity (Wildman–Crippen MR) is 114 cm³/mol. The van der Waals surface area contributed by atoms with Crippen LogP contribution in [0, 0.1) is 40.4 Å². The average Bonchev–Trinajstić information content (AvgIpc) is 3.01. The van der Waals surface area contributed by atoms with Crippen molar-refractivity contribution < 1.29 is 9.94 Å². The lowest BCUT2D eigenvalue weighted by atomic mass is 9.44. The standard InChI is InChI=1S/C24H42N2O2/c1-23-12-9-22-20(6-4-18-16-19(27)8-11-24(18,22)2)21(23)7-5-17(23)10-14-26-28-15-3-13-25/h14,17-22,27H,3-13,15-16,25H2,1-2H3/b26-14+/t17?,18?,19?,20-,21-,22+,23+,24-/m0/s1. The zero-order valence-electron chi connectivity index (χ0n) is 18.1. The Bertz CT molecular complexity index is 567. The lowest BCUT2D eigenvalue weighted by molar-refractivity contribution is -0.126. The second-order valence-corrected chi connectivity index (χ2v) is 10.9. The first-order valence-corrected chi connectivity index (χ1v) is 12.0. The summed E-state index contributed by atoms with van der Waals surface area (Å²) in [6, 6.07) is 0. The SMILES string of the molecule is C[C@]12CCC(O)CC1CC[C@@H]1[C@H]2CC[C@]2(C)C(C/C=N/OCCCN)CC[C@@H]12. The van der Waals surface area contributed by atoms with Crippen molar-refractivity contribution in [2.75, 3.05) is 13.2 Å². The molecule has 4 aliphatic carbocycles. The lowest BCUT2D eigenvalue weighted by Crippen LogP contribution is -2.53. The fraction of sp³-hybridized carbons (Fsp3) is 0.958. The molecule has 8 atom stereocenters. The van der Waals surface area contributed by atoms with E-state index in [1.165, 1.54) is 44.9 Å². The largest absolute Gasteiger partial charge is 0.396 e. The Morgan fingerprint density at radius 2 is 1.82 bits per heavy atom. The van der Waals surface area contributed by atoms with E-state index in [9.17, 15) is 5.11 Å². The van der Waals surface area contributed by atoms with E-state index in [0.29, 0.717) is 24.0 Å². The van der Waals surface area contributed by atoms with Crippen molar-refractivity contribution in [1.29, 1.82) is 0 Å². The van der Waals surface area contributed by atoms with E-state index in [2.05, 4.69) is 19.0 Å². The third kappa shape index (κ3) is 3.53. The highest BCUT2D eigenvalue weighted by molar-refractivity contribution is 5.57. The molecule has 28 heavy (non-hydrogen) atoms. The molecule has 0 aromatic rings. The zero-order chi connectivity index (χ0) is 19.8. The van der Waals surface area contributed by atoms with Crippen molar-refractivity contribution in [3.05, 3.63) is 0 Å². The van der Waals surface area contributed by atoms with E-state index in [-0.39, 0.29) is 6.10 Å². The summed E-state index contributed by atoms with van der Waals surface area (Å²) in [5.74, 6) is 4.23. The van der Waals surface area contributed by atoms with Crippen LogP contribution in [-0.4, -0.2) is 30.6 Å². The smallest absolute Gasteiger partial charge is 0.118 e. The first-order chi connectivity index (χ1) is 13.5. The predicted octanol–water partition coefficient (Wildman–Crippen LogP) is 4.75. The molecular weight excluding hydrogens is 348 g/mol. The van der Waals surface area contributed by atoms with Crippen LogP contribution in [-0.2, 0) is 4.84 Å². The van der Waals surface area contributed by atoms with Gasteiger partial charge in [-0.3, -0.25) is 0 Å². The number of aliphatic hydroxyl groups excluding tert-OH is 1. The van der Waals surface area contributed by atoms with Crippen LogP contribution >= 0.6 is 0 Å². The first kappa shape index (κ1) is 20.7. The number of hydrogen-bond acceptors (Lipinski definition) is 4. The van der Waals surface area contributed by atoms with Crippen LogP contribution in [0.2, 0.25) is 0 Å². The molecule has 0 spiro atoms. The zero-order valence-corrected chi connectivity index (χ0v) is 18.1. The number of oxime groups is 1. The number of nitrogens with two attached hydrogens (primary N) is 1. The lowest BCUT2D eigenvalue weighted by Gasteiger charge is -2.61. The Kier molecular flexibility index (Phi) is 6.09. The minimum absolute atomic E-state index is 0.0364. The van der Waals surface area contributed by atoms with Gasteiger partial charge in [0, 0.05) is 6.21 Å². The van der Waals surface area contributed by atoms with Crippen molar-refractivity contribution in [1.82, 2.24) is 0 Å². The second kappa shape index (κ2) is 8.26. The Hall–Kier alpha value is -0.610. The molecule has 0 aliphatic heterocycles. The molecule has 0 radical (unpaired) electrons. The maximum atomic E-state index is 10.2. The van der Waals surface area contributed by atoms with Gasteiger partial charge in [-0.15, -0.1) is 0 Å². The molecule has 160 valence electrons. The molecule has 0 bridgehead atoms. The summed E-state index contributed by atoms with van der Waals surface area (Å²) in [5.41, 5.74) is 6.47. The van der Waals surface area contributed by atoms with Crippen LogP contribution in [0.15, 0.2) is 5.16 Å². The van der Waals surface area contributed by atoms with Crippen LogP contribution in [0.25, 0.3) is 0 Å². The number of aliphatic hydroxyl groups is 1. The minimum Gasteiger partial charge on any atom is -0.396 e. The highest BCUT2D eigenvalue weighted by atomic mass is 16.6. The Balaban J connectivity index is 1.41. The summed E-state index contributed by atoms with van der Waals surface area (Å²) >= 11 is 0. The molecule has 0 heterocycles. The highest BCUT2D eigenvalue weighted by Gasteiger charge is 2.59. The van der Waals surface area contributed by atoms with Gasteiger partial charge in [0.1, 0.15) is 6.61 Å². The van der Waals surface area contributed by atoms with Crippen LogP contribution < -0.4 is 5.73 Å².